The molecule has 18 heteroatoms. The number of carbonyl (C=O) groups is 3. The fourth-order valence-corrected chi connectivity index (χ4v) is 10.2. The molecule has 0 heterocycles. The number of ether oxygens (including phenoxy) is 3. The Balaban J connectivity index is 4.67. The number of rotatable bonds is 64. The summed E-state index contributed by atoms with van der Waals surface area (Å²) in [5.74, 6) is -1.64. The van der Waals surface area contributed by atoms with Crippen molar-refractivity contribution < 1.29 is 75.8 Å². The summed E-state index contributed by atoms with van der Waals surface area (Å²) in [7, 11) is -9.80. The SMILES string of the molecule is CC/C=C\C/C=C\C/C=C\C/C=C\C/C=C\C/C=C\CCCCCCC(=O)OCC(O)COP(=O)(O)OCC(O)COP(=O)(O)OCC(COC(=O)CCCCC/C=C\C/C=C\C/C=C\C/C=C\C/C=C\CC)OC(=O)CCCCCCCCCCCCCCC. The third-order valence-corrected chi connectivity index (χ3v) is 15.8. The fourth-order valence-electron chi connectivity index (χ4n) is 8.66. The molecule has 0 amide bonds. The van der Waals surface area contributed by atoms with Crippen LogP contribution in [0.3, 0.4) is 0 Å². The number of hydrogen-bond donors (Lipinski definition) is 4. The van der Waals surface area contributed by atoms with Gasteiger partial charge < -0.3 is 34.2 Å². The van der Waals surface area contributed by atoms with Gasteiger partial charge in [-0.2, -0.15) is 0 Å². The molecule has 0 radical (unpaired) electrons. The monoisotopic (exact) mass is 1320 g/mol. The van der Waals surface area contributed by atoms with Gasteiger partial charge in [0.25, 0.3) is 0 Å². The van der Waals surface area contributed by atoms with Gasteiger partial charge in [-0.15, -0.1) is 0 Å². The van der Waals surface area contributed by atoms with Gasteiger partial charge in [-0.25, -0.2) is 9.13 Å². The first-order valence-corrected chi connectivity index (χ1v) is 37.5. The van der Waals surface area contributed by atoms with Gasteiger partial charge in [0, 0.05) is 19.3 Å². The molecular weight excluding hydrogens is 1190 g/mol. The number of hydrogen-bond acceptors (Lipinski definition) is 14. The maximum absolute atomic E-state index is 12.9. The Morgan fingerprint density at radius 3 is 0.934 bits per heavy atom. The van der Waals surface area contributed by atoms with Crippen LogP contribution >= 0.6 is 15.6 Å². The van der Waals surface area contributed by atoms with Gasteiger partial charge in [0.15, 0.2) is 6.10 Å². The fraction of sp³-hybridized carbons (Fsp3) is 0.658. The van der Waals surface area contributed by atoms with Gasteiger partial charge in [0.2, 0.25) is 0 Å². The van der Waals surface area contributed by atoms with E-state index < -0.39 is 91.5 Å². The topological polar surface area (TPSA) is 231 Å². The zero-order chi connectivity index (χ0) is 66.7. The van der Waals surface area contributed by atoms with Crippen LogP contribution in [0.4, 0.5) is 0 Å². The van der Waals surface area contributed by atoms with Crippen LogP contribution in [-0.2, 0) is 55.8 Å². The van der Waals surface area contributed by atoms with Crippen LogP contribution in [0.15, 0.2) is 134 Å². The standard InChI is InChI=1S/C73H122O16P2/c1-4-7-10-13-16-19-22-25-27-29-31-32-33-34-36-38-39-42-44-47-50-53-56-59-71(76)83-62-68(74)63-85-90(79,80)86-64-69(75)65-87-91(81,82)88-67-70(89-73(78)61-58-55-52-49-46-41-24-21-18-15-12-9-6-3)66-84-72(77)60-57-54-51-48-45-43-40-37-35-30-28-26-23-20-17-14-11-8-5-2/h7-8,10-11,16-17,19-20,25-28,31-32,34-37,39,42-43,45,68-70,74-75H,4-6,9,12-15,18,21-24,29-30,33,38,40-41,44,46-67H2,1-3H3,(H,79,80)(H,81,82)/b10-7-,11-8-,19-16-,20-17-,27-25-,28-26-,32-31-,36-34-,37-35-,42-39-,45-43-. The largest absolute Gasteiger partial charge is 0.472 e. The van der Waals surface area contributed by atoms with E-state index in [4.69, 9.17) is 32.3 Å². The Bertz CT molecular complexity index is 2190. The average Bonchev–Trinajstić information content (AvgIpc) is 3.74. The van der Waals surface area contributed by atoms with Crippen LogP contribution < -0.4 is 0 Å². The van der Waals surface area contributed by atoms with E-state index in [0.29, 0.717) is 19.3 Å². The molecule has 0 bridgehead atoms. The second kappa shape index (κ2) is 65.7. The second-order valence-electron chi connectivity index (χ2n) is 22.6. The molecule has 520 valence electrons. The summed E-state index contributed by atoms with van der Waals surface area (Å²) in [5, 5.41) is 20.5. The van der Waals surface area contributed by atoms with E-state index >= 15 is 0 Å². The van der Waals surface area contributed by atoms with Gasteiger partial charge in [0.1, 0.15) is 25.4 Å². The van der Waals surface area contributed by atoms with Crippen molar-refractivity contribution in [2.24, 2.45) is 0 Å². The van der Waals surface area contributed by atoms with Crippen molar-refractivity contribution in [3.05, 3.63) is 134 Å². The molecule has 0 aliphatic rings. The Labute approximate surface area is 550 Å². The summed E-state index contributed by atoms with van der Waals surface area (Å²) in [6, 6.07) is 0. The van der Waals surface area contributed by atoms with Crippen molar-refractivity contribution in [3.63, 3.8) is 0 Å². The van der Waals surface area contributed by atoms with Gasteiger partial charge in [-0.1, -0.05) is 251 Å². The molecule has 0 saturated heterocycles. The number of unbranched alkanes of at least 4 members (excludes halogenated alkanes) is 19. The first-order chi connectivity index (χ1) is 44.2. The van der Waals surface area contributed by atoms with Crippen molar-refractivity contribution >= 4 is 33.6 Å². The molecule has 0 aliphatic carbocycles. The molecule has 0 spiro atoms. The first-order valence-electron chi connectivity index (χ1n) is 34.5. The number of aliphatic hydroxyl groups excluding tert-OH is 2. The summed E-state index contributed by atoms with van der Waals surface area (Å²) >= 11 is 0. The quantitative estimate of drug-likeness (QED) is 0.0146. The van der Waals surface area contributed by atoms with Crippen molar-refractivity contribution in [1.29, 1.82) is 0 Å². The van der Waals surface area contributed by atoms with E-state index in [1.54, 1.807) is 0 Å². The number of phosphoric acid groups is 2. The maximum atomic E-state index is 12.9. The van der Waals surface area contributed by atoms with E-state index in [9.17, 15) is 43.5 Å². The van der Waals surface area contributed by atoms with Crippen LogP contribution in [-0.4, -0.2) is 95.9 Å². The molecule has 0 saturated carbocycles. The summed E-state index contributed by atoms with van der Waals surface area (Å²) in [6.45, 7) is 2.36. The normalized spacial score (nSPS) is 15.0. The highest BCUT2D eigenvalue weighted by atomic mass is 31.2. The Kier molecular flexibility index (Phi) is 62.6. The third-order valence-electron chi connectivity index (χ3n) is 13.9. The summed E-state index contributed by atoms with van der Waals surface area (Å²) in [5.41, 5.74) is 0. The van der Waals surface area contributed by atoms with Gasteiger partial charge in [0.05, 0.1) is 26.4 Å². The molecule has 0 rings (SSSR count). The highest BCUT2D eigenvalue weighted by molar-refractivity contribution is 7.47. The van der Waals surface area contributed by atoms with Crippen LogP contribution in [0.2, 0.25) is 0 Å². The van der Waals surface area contributed by atoms with E-state index in [2.05, 4.69) is 154 Å². The number of carbonyl (C=O) groups excluding carboxylic acids is 3. The predicted octanol–water partition coefficient (Wildman–Crippen LogP) is 19.2. The van der Waals surface area contributed by atoms with Crippen LogP contribution in [0.5, 0.6) is 0 Å². The van der Waals surface area contributed by atoms with E-state index in [1.807, 2.05) is 0 Å². The van der Waals surface area contributed by atoms with E-state index in [1.165, 1.54) is 51.4 Å². The molecule has 5 atom stereocenters. The van der Waals surface area contributed by atoms with Crippen LogP contribution in [0, 0.1) is 0 Å². The predicted molar refractivity (Wildman–Crippen MR) is 371 cm³/mol. The summed E-state index contributed by atoms with van der Waals surface area (Å²) in [6.07, 6.45) is 76.4. The molecule has 0 aromatic heterocycles. The van der Waals surface area contributed by atoms with Crippen molar-refractivity contribution in [3.8, 4) is 0 Å². The van der Waals surface area contributed by atoms with Crippen LogP contribution in [0.25, 0.3) is 0 Å². The number of esters is 3. The lowest BCUT2D eigenvalue weighted by molar-refractivity contribution is -0.161. The third kappa shape index (κ3) is 66.9. The van der Waals surface area contributed by atoms with E-state index in [0.717, 1.165) is 141 Å². The average molecular weight is 1320 g/mol. The lowest BCUT2D eigenvalue weighted by Crippen LogP contribution is -2.30. The minimum atomic E-state index is -4.93. The molecule has 4 N–H and O–H groups in total. The molecule has 91 heavy (non-hydrogen) atoms. The second-order valence-corrected chi connectivity index (χ2v) is 25.5. The molecule has 0 fully saturated rings. The van der Waals surface area contributed by atoms with Crippen molar-refractivity contribution in [2.75, 3.05) is 39.6 Å². The van der Waals surface area contributed by atoms with Gasteiger partial charge >= 0.3 is 33.6 Å². The number of phosphoric ester groups is 2. The Morgan fingerprint density at radius 1 is 0.319 bits per heavy atom. The molecular formula is C73H122O16P2. The zero-order valence-electron chi connectivity index (χ0n) is 56.2. The molecule has 16 nitrogen and oxygen atoms in total. The lowest BCUT2D eigenvalue weighted by Gasteiger charge is -2.21. The summed E-state index contributed by atoms with van der Waals surface area (Å²) in [4.78, 5) is 58.4. The highest BCUT2D eigenvalue weighted by Crippen LogP contribution is 2.45. The Morgan fingerprint density at radius 2 is 0.582 bits per heavy atom. The van der Waals surface area contributed by atoms with Crippen molar-refractivity contribution in [1.82, 2.24) is 0 Å². The highest BCUT2D eigenvalue weighted by Gasteiger charge is 2.29. The van der Waals surface area contributed by atoms with E-state index in [-0.39, 0.29) is 19.3 Å². The van der Waals surface area contributed by atoms with Gasteiger partial charge in [-0.3, -0.25) is 32.5 Å². The minimum absolute atomic E-state index is 0.0958. The first kappa shape index (κ1) is 86.7. The molecule has 5 unspecified atom stereocenters. The minimum Gasteiger partial charge on any atom is -0.463 e. The maximum Gasteiger partial charge on any atom is 0.472 e. The molecule has 0 aliphatic heterocycles. The van der Waals surface area contributed by atoms with Crippen LogP contribution in [0.1, 0.15) is 252 Å². The lowest BCUT2D eigenvalue weighted by atomic mass is 10.0. The number of aliphatic hydroxyl groups is 2. The molecule has 0 aromatic rings. The smallest absolute Gasteiger partial charge is 0.463 e. The zero-order valence-corrected chi connectivity index (χ0v) is 58.0. The van der Waals surface area contributed by atoms with Crippen molar-refractivity contribution in [2.45, 2.75) is 270 Å². The molecule has 0 aromatic carbocycles. The Hall–Kier alpha value is -4.31. The summed E-state index contributed by atoms with van der Waals surface area (Å²) < 4.78 is 60.8. The van der Waals surface area contributed by atoms with Gasteiger partial charge in [-0.05, 0) is 116 Å². The number of allylic oxidation sites excluding steroid dienone is 22.